The van der Waals surface area contributed by atoms with Gasteiger partial charge in [0.25, 0.3) is 0 Å². The average Bonchev–Trinajstić information content (AvgIpc) is 2.78. The molecule has 1 aromatic heterocycles. The van der Waals surface area contributed by atoms with Crippen LogP contribution in [0.4, 0.5) is 0 Å². The summed E-state index contributed by atoms with van der Waals surface area (Å²) in [7, 11) is 0. The number of aliphatic hydroxyl groups is 1. The fourth-order valence-electron chi connectivity index (χ4n) is 1.54. The maximum Gasteiger partial charge on any atom is 0.0945 e. The first-order valence-corrected chi connectivity index (χ1v) is 5.78. The lowest BCUT2D eigenvalue weighted by atomic mass is 9.90. The van der Waals surface area contributed by atoms with E-state index in [1.807, 2.05) is 0 Å². The van der Waals surface area contributed by atoms with Gasteiger partial charge in [-0.3, -0.25) is 0 Å². The molecule has 0 bridgehead atoms. The molecule has 1 saturated carbocycles. The van der Waals surface area contributed by atoms with Crippen molar-refractivity contribution in [1.29, 1.82) is 0 Å². The van der Waals surface area contributed by atoms with Crippen molar-refractivity contribution in [3.63, 3.8) is 0 Å². The Morgan fingerprint density at radius 3 is 2.57 bits per heavy atom. The zero-order valence-corrected chi connectivity index (χ0v) is 9.64. The van der Waals surface area contributed by atoms with E-state index in [9.17, 15) is 5.11 Å². The van der Waals surface area contributed by atoms with Crippen LogP contribution < -0.4 is 0 Å². The van der Waals surface area contributed by atoms with E-state index in [-0.39, 0.29) is 11.5 Å². The summed E-state index contributed by atoms with van der Waals surface area (Å²) in [5, 5.41) is 14.2. The van der Waals surface area contributed by atoms with Crippen molar-refractivity contribution in [2.45, 2.75) is 45.1 Å². The van der Waals surface area contributed by atoms with Gasteiger partial charge in [-0.25, -0.2) is 0 Å². The Hall–Kier alpha value is -0.480. The van der Waals surface area contributed by atoms with Gasteiger partial charge in [0.05, 0.1) is 16.7 Å². The van der Waals surface area contributed by atoms with Gasteiger partial charge in [0.15, 0.2) is 0 Å². The maximum atomic E-state index is 10.0. The number of aliphatic hydroxyl groups excluding tert-OH is 1. The molecule has 1 aliphatic carbocycles. The molecular weight excluding hydrogens is 196 g/mol. The van der Waals surface area contributed by atoms with Crippen molar-refractivity contribution < 1.29 is 5.11 Å². The van der Waals surface area contributed by atoms with Gasteiger partial charge in [-0.15, -0.1) is 5.10 Å². The third-order valence-electron chi connectivity index (χ3n) is 2.56. The topological polar surface area (TPSA) is 46.0 Å². The minimum atomic E-state index is -0.329. The summed E-state index contributed by atoms with van der Waals surface area (Å²) in [6, 6.07) is 0. The van der Waals surface area contributed by atoms with Gasteiger partial charge in [-0.1, -0.05) is 25.3 Å². The Kier molecular flexibility index (Phi) is 2.35. The highest BCUT2D eigenvalue weighted by atomic mass is 32.1. The average molecular weight is 212 g/mol. The van der Waals surface area contributed by atoms with Crippen LogP contribution in [-0.2, 0) is 5.41 Å². The van der Waals surface area contributed by atoms with Gasteiger partial charge < -0.3 is 5.11 Å². The molecule has 1 unspecified atom stereocenters. The summed E-state index contributed by atoms with van der Waals surface area (Å²) in [5.41, 5.74) is 0.944. The van der Waals surface area contributed by atoms with Gasteiger partial charge in [-0.2, -0.15) is 0 Å². The predicted octanol–water partition coefficient (Wildman–Crippen LogP) is 2.28. The van der Waals surface area contributed by atoms with Crippen LogP contribution in [0.1, 0.15) is 50.3 Å². The second kappa shape index (κ2) is 3.28. The number of hydrogen-bond donors (Lipinski definition) is 1. The number of nitrogens with zero attached hydrogens (tertiary/aromatic N) is 2. The number of hydrogen-bond acceptors (Lipinski definition) is 4. The van der Waals surface area contributed by atoms with Crippen LogP contribution in [0.15, 0.2) is 0 Å². The molecule has 1 atom stereocenters. The largest absolute Gasteiger partial charge is 0.387 e. The molecule has 14 heavy (non-hydrogen) atoms. The second-order valence-corrected chi connectivity index (χ2v) is 5.80. The molecule has 0 aliphatic heterocycles. The number of rotatable bonds is 2. The lowest BCUT2D eigenvalue weighted by Gasteiger charge is -2.18. The van der Waals surface area contributed by atoms with Gasteiger partial charge in [0.1, 0.15) is 0 Å². The van der Waals surface area contributed by atoms with E-state index in [1.54, 1.807) is 0 Å². The van der Waals surface area contributed by atoms with E-state index in [1.165, 1.54) is 11.5 Å². The number of aromatic nitrogens is 2. The molecule has 0 spiro atoms. The van der Waals surface area contributed by atoms with Crippen LogP contribution in [0.3, 0.4) is 0 Å². The normalized spacial score (nSPS) is 19.7. The molecule has 1 aliphatic rings. The fraction of sp³-hybridized carbons (Fsp3) is 0.800. The molecule has 0 amide bonds. The summed E-state index contributed by atoms with van der Waals surface area (Å²) in [6.45, 7) is 6.31. The summed E-state index contributed by atoms with van der Waals surface area (Å²) in [6.07, 6.45) is 1.95. The van der Waals surface area contributed by atoms with Crippen molar-refractivity contribution in [3.8, 4) is 0 Å². The second-order valence-electron chi connectivity index (χ2n) is 5.02. The van der Waals surface area contributed by atoms with E-state index in [4.69, 9.17) is 0 Å². The van der Waals surface area contributed by atoms with Crippen molar-refractivity contribution >= 4 is 11.5 Å². The molecule has 0 radical (unpaired) electrons. The third-order valence-corrected chi connectivity index (χ3v) is 3.36. The highest BCUT2D eigenvalue weighted by Gasteiger charge is 2.36. The van der Waals surface area contributed by atoms with Crippen LogP contribution in [0.25, 0.3) is 0 Å². The Morgan fingerprint density at radius 1 is 1.43 bits per heavy atom. The Morgan fingerprint density at radius 2 is 2.07 bits per heavy atom. The minimum Gasteiger partial charge on any atom is -0.387 e. The molecule has 1 fully saturated rings. The standard InChI is InChI=1S/C10H16N2OS/c1-10(2,3)9-8(14-12-11-9)7(13)6-4-5-6/h6-7,13H,4-5H2,1-3H3. The van der Waals surface area contributed by atoms with Gasteiger partial charge >= 0.3 is 0 Å². The van der Waals surface area contributed by atoms with Crippen molar-refractivity contribution in [1.82, 2.24) is 9.59 Å². The SMILES string of the molecule is CC(C)(C)c1nnsc1C(O)C1CC1. The highest BCUT2D eigenvalue weighted by molar-refractivity contribution is 7.05. The van der Waals surface area contributed by atoms with Crippen molar-refractivity contribution in [2.24, 2.45) is 5.92 Å². The maximum absolute atomic E-state index is 10.0. The molecule has 4 heteroatoms. The van der Waals surface area contributed by atoms with E-state index in [0.717, 1.165) is 23.4 Å². The molecule has 0 saturated heterocycles. The van der Waals surface area contributed by atoms with Crippen LogP contribution in [0.5, 0.6) is 0 Å². The molecule has 1 N–H and O–H groups in total. The first kappa shape index (κ1) is 10.1. The lowest BCUT2D eigenvalue weighted by Crippen LogP contribution is -2.16. The summed E-state index contributed by atoms with van der Waals surface area (Å²) in [4.78, 5) is 0.972. The highest BCUT2D eigenvalue weighted by Crippen LogP contribution is 2.44. The summed E-state index contributed by atoms with van der Waals surface area (Å²) in [5.74, 6) is 0.457. The van der Waals surface area contributed by atoms with Gasteiger partial charge in [-0.05, 0) is 30.3 Å². The van der Waals surface area contributed by atoms with Crippen LogP contribution >= 0.6 is 11.5 Å². The first-order chi connectivity index (χ1) is 6.50. The van der Waals surface area contributed by atoms with Crippen molar-refractivity contribution in [3.05, 3.63) is 10.6 Å². The molecule has 1 aromatic rings. The lowest BCUT2D eigenvalue weighted by molar-refractivity contribution is 0.155. The van der Waals surface area contributed by atoms with Crippen molar-refractivity contribution in [2.75, 3.05) is 0 Å². The molecule has 1 heterocycles. The summed E-state index contributed by atoms with van der Waals surface area (Å²) >= 11 is 1.34. The monoisotopic (exact) mass is 212 g/mol. The minimum absolute atomic E-state index is 0.0157. The molecular formula is C10H16N2OS. The van der Waals surface area contributed by atoms with E-state index in [2.05, 4.69) is 30.4 Å². The van der Waals surface area contributed by atoms with E-state index < -0.39 is 0 Å². The van der Waals surface area contributed by atoms with E-state index in [0.29, 0.717) is 5.92 Å². The Bertz CT molecular complexity index is 325. The molecule has 3 nitrogen and oxygen atoms in total. The Labute approximate surface area is 88.3 Å². The Balaban J connectivity index is 2.28. The smallest absolute Gasteiger partial charge is 0.0945 e. The van der Waals surface area contributed by atoms with Gasteiger partial charge in [0.2, 0.25) is 0 Å². The first-order valence-electron chi connectivity index (χ1n) is 5.01. The van der Waals surface area contributed by atoms with E-state index >= 15 is 0 Å². The zero-order valence-electron chi connectivity index (χ0n) is 8.82. The van der Waals surface area contributed by atoms with Crippen LogP contribution in [0.2, 0.25) is 0 Å². The quantitative estimate of drug-likeness (QED) is 0.818. The predicted molar refractivity (Wildman–Crippen MR) is 56.3 cm³/mol. The molecule has 78 valence electrons. The fourth-order valence-corrected chi connectivity index (χ4v) is 2.48. The molecule has 0 aromatic carbocycles. The zero-order chi connectivity index (χ0) is 10.3. The molecule has 2 rings (SSSR count). The van der Waals surface area contributed by atoms with Crippen LogP contribution in [-0.4, -0.2) is 14.7 Å². The summed E-state index contributed by atoms with van der Waals surface area (Å²) < 4.78 is 3.95. The van der Waals surface area contributed by atoms with Crippen LogP contribution in [0, 0.1) is 5.92 Å². The van der Waals surface area contributed by atoms with Gasteiger partial charge in [0, 0.05) is 5.41 Å². The third kappa shape index (κ3) is 1.81.